The fourth-order valence-corrected chi connectivity index (χ4v) is 3.62. The van der Waals surface area contributed by atoms with Crippen LogP contribution in [0.5, 0.6) is 0 Å². The number of nitrogens with one attached hydrogen (secondary N) is 2. The Morgan fingerprint density at radius 1 is 0.706 bits per heavy atom. The lowest BCUT2D eigenvalue weighted by molar-refractivity contribution is 0.0481. The lowest BCUT2D eigenvalue weighted by Crippen LogP contribution is -2.46. The van der Waals surface area contributed by atoms with Crippen molar-refractivity contribution >= 4 is 12.2 Å². The molecule has 2 amide bonds. The third-order valence-corrected chi connectivity index (χ3v) is 4.96. The predicted molar refractivity (Wildman–Crippen MR) is 136 cm³/mol. The van der Waals surface area contributed by atoms with Crippen molar-refractivity contribution in [1.82, 2.24) is 10.6 Å². The molecule has 6 heteroatoms. The Labute approximate surface area is 204 Å². The fourth-order valence-electron chi connectivity index (χ4n) is 3.62. The van der Waals surface area contributed by atoms with E-state index in [1.807, 2.05) is 90.1 Å². The SMILES string of the molecule is CC(C)(C)OC(=O)N[C@@H](CCc1ccccc1)C[C@H](Cc1ccccc1)NC(=O)OC(C)(C)C. The number of hydrogen-bond acceptors (Lipinski definition) is 4. The van der Waals surface area contributed by atoms with Crippen LogP contribution in [-0.4, -0.2) is 35.5 Å². The Hall–Kier alpha value is -3.02. The summed E-state index contributed by atoms with van der Waals surface area (Å²) in [6.07, 6.45) is 1.75. The first-order chi connectivity index (χ1) is 15.9. The van der Waals surface area contributed by atoms with Crippen LogP contribution in [0.3, 0.4) is 0 Å². The quantitative estimate of drug-likeness (QED) is 0.470. The molecule has 0 aliphatic heterocycles. The third-order valence-electron chi connectivity index (χ3n) is 4.96. The zero-order valence-electron chi connectivity index (χ0n) is 21.4. The van der Waals surface area contributed by atoms with Gasteiger partial charge in [0.1, 0.15) is 11.2 Å². The Bertz CT molecular complexity index is 886. The second-order valence-electron chi connectivity index (χ2n) is 10.6. The number of carbonyl (C=O) groups excluding carboxylic acids is 2. The van der Waals surface area contributed by atoms with Crippen LogP contribution in [0.4, 0.5) is 9.59 Å². The molecule has 34 heavy (non-hydrogen) atoms. The minimum atomic E-state index is -0.594. The molecule has 0 heterocycles. The fraction of sp³-hybridized carbons (Fsp3) is 0.500. The van der Waals surface area contributed by atoms with Crippen molar-refractivity contribution in [3.05, 3.63) is 71.8 Å². The number of rotatable bonds is 9. The summed E-state index contributed by atoms with van der Waals surface area (Å²) < 4.78 is 11.0. The molecule has 2 aromatic rings. The smallest absolute Gasteiger partial charge is 0.407 e. The summed E-state index contributed by atoms with van der Waals surface area (Å²) in [4.78, 5) is 25.2. The van der Waals surface area contributed by atoms with Crippen molar-refractivity contribution in [2.45, 2.75) is 90.5 Å². The van der Waals surface area contributed by atoms with Gasteiger partial charge in [0.2, 0.25) is 0 Å². The van der Waals surface area contributed by atoms with E-state index in [9.17, 15) is 9.59 Å². The first-order valence-corrected chi connectivity index (χ1v) is 12.0. The largest absolute Gasteiger partial charge is 0.444 e. The van der Waals surface area contributed by atoms with Gasteiger partial charge in [-0.25, -0.2) is 9.59 Å². The molecular formula is C28H40N2O4. The molecule has 2 atom stereocenters. The van der Waals surface area contributed by atoms with Gasteiger partial charge in [-0.05, 0) is 78.4 Å². The Kier molecular flexibility index (Phi) is 9.97. The van der Waals surface area contributed by atoms with Crippen molar-refractivity contribution in [3.8, 4) is 0 Å². The second kappa shape index (κ2) is 12.4. The third kappa shape index (κ3) is 11.7. The molecule has 0 radical (unpaired) electrons. The maximum absolute atomic E-state index is 12.6. The van der Waals surface area contributed by atoms with E-state index in [4.69, 9.17) is 9.47 Å². The molecule has 0 aliphatic carbocycles. The summed E-state index contributed by atoms with van der Waals surface area (Å²) in [5, 5.41) is 6.05. The highest BCUT2D eigenvalue weighted by molar-refractivity contribution is 5.69. The van der Waals surface area contributed by atoms with Crippen LogP contribution in [0.15, 0.2) is 60.7 Å². The van der Waals surface area contributed by atoms with Crippen LogP contribution < -0.4 is 10.6 Å². The summed E-state index contributed by atoms with van der Waals surface area (Å²) in [7, 11) is 0. The first-order valence-electron chi connectivity index (χ1n) is 12.0. The molecular weight excluding hydrogens is 428 g/mol. The van der Waals surface area contributed by atoms with E-state index >= 15 is 0 Å². The van der Waals surface area contributed by atoms with Crippen molar-refractivity contribution in [2.75, 3.05) is 0 Å². The average molecular weight is 469 g/mol. The lowest BCUT2D eigenvalue weighted by Gasteiger charge is -2.28. The molecule has 2 aromatic carbocycles. The summed E-state index contributed by atoms with van der Waals surface area (Å²) in [6.45, 7) is 11.0. The Balaban J connectivity index is 2.17. The van der Waals surface area contributed by atoms with Crippen LogP contribution in [0, 0.1) is 0 Å². The number of ether oxygens (including phenoxy) is 2. The van der Waals surface area contributed by atoms with Crippen LogP contribution in [0.25, 0.3) is 0 Å². The molecule has 0 fully saturated rings. The summed E-state index contributed by atoms with van der Waals surface area (Å²) in [5.41, 5.74) is 1.11. The van der Waals surface area contributed by atoms with Crippen molar-refractivity contribution in [2.24, 2.45) is 0 Å². The highest BCUT2D eigenvalue weighted by Crippen LogP contribution is 2.16. The first kappa shape index (κ1) is 27.2. The predicted octanol–water partition coefficient (Wildman–Crippen LogP) is 6.04. The van der Waals surface area contributed by atoms with Crippen LogP contribution in [0.1, 0.15) is 65.5 Å². The van der Waals surface area contributed by atoms with E-state index < -0.39 is 23.4 Å². The van der Waals surface area contributed by atoms with Gasteiger partial charge in [0.25, 0.3) is 0 Å². The lowest BCUT2D eigenvalue weighted by atomic mass is 9.95. The molecule has 6 nitrogen and oxygen atoms in total. The Morgan fingerprint density at radius 3 is 1.62 bits per heavy atom. The second-order valence-corrected chi connectivity index (χ2v) is 10.6. The molecule has 0 saturated carbocycles. The van der Waals surface area contributed by atoms with Crippen molar-refractivity contribution < 1.29 is 19.1 Å². The number of hydrogen-bond donors (Lipinski definition) is 2. The maximum Gasteiger partial charge on any atom is 0.407 e. The number of alkyl carbamates (subject to hydrolysis) is 2. The molecule has 0 bridgehead atoms. The van der Waals surface area contributed by atoms with Gasteiger partial charge in [-0.2, -0.15) is 0 Å². The highest BCUT2D eigenvalue weighted by atomic mass is 16.6. The van der Waals surface area contributed by atoms with Gasteiger partial charge in [-0.1, -0.05) is 60.7 Å². The monoisotopic (exact) mass is 468 g/mol. The van der Waals surface area contributed by atoms with Gasteiger partial charge in [0.15, 0.2) is 0 Å². The summed E-state index contributed by atoms with van der Waals surface area (Å²) >= 11 is 0. The summed E-state index contributed by atoms with van der Waals surface area (Å²) in [6, 6.07) is 19.7. The van der Waals surface area contributed by atoms with Gasteiger partial charge < -0.3 is 20.1 Å². The number of aryl methyl sites for hydroxylation is 1. The van der Waals surface area contributed by atoms with Crippen molar-refractivity contribution in [3.63, 3.8) is 0 Å². The maximum atomic E-state index is 12.6. The number of benzene rings is 2. The molecule has 0 aromatic heterocycles. The molecule has 0 spiro atoms. The van der Waals surface area contributed by atoms with Gasteiger partial charge in [0.05, 0.1) is 0 Å². The van der Waals surface area contributed by atoms with Gasteiger partial charge >= 0.3 is 12.2 Å². The summed E-state index contributed by atoms with van der Waals surface area (Å²) in [5.74, 6) is 0. The minimum Gasteiger partial charge on any atom is -0.444 e. The molecule has 2 N–H and O–H groups in total. The Morgan fingerprint density at radius 2 is 1.15 bits per heavy atom. The number of carbonyl (C=O) groups is 2. The average Bonchev–Trinajstić information content (AvgIpc) is 2.70. The van der Waals surface area contributed by atoms with E-state index in [0.717, 1.165) is 12.0 Å². The topological polar surface area (TPSA) is 76.7 Å². The van der Waals surface area contributed by atoms with E-state index in [1.54, 1.807) is 0 Å². The van der Waals surface area contributed by atoms with E-state index in [0.29, 0.717) is 19.3 Å². The molecule has 0 unspecified atom stereocenters. The van der Waals surface area contributed by atoms with E-state index in [-0.39, 0.29) is 12.1 Å². The number of amides is 2. The van der Waals surface area contributed by atoms with Crippen LogP contribution in [-0.2, 0) is 22.3 Å². The highest BCUT2D eigenvalue weighted by Gasteiger charge is 2.25. The van der Waals surface area contributed by atoms with E-state index in [2.05, 4.69) is 22.8 Å². The van der Waals surface area contributed by atoms with Gasteiger partial charge in [-0.15, -0.1) is 0 Å². The van der Waals surface area contributed by atoms with Crippen molar-refractivity contribution in [1.29, 1.82) is 0 Å². The van der Waals surface area contributed by atoms with E-state index in [1.165, 1.54) is 5.56 Å². The molecule has 0 saturated heterocycles. The van der Waals surface area contributed by atoms with Crippen LogP contribution >= 0.6 is 0 Å². The standard InChI is InChI=1S/C28H40N2O4/c1-27(2,3)33-25(31)29-23(18-17-21-13-9-7-10-14-21)20-24(19-22-15-11-8-12-16-22)30-26(32)34-28(4,5)6/h7-16,23-24H,17-20H2,1-6H3,(H,29,31)(H,30,32)/t23-,24-/m0/s1. The zero-order chi connectivity index (χ0) is 25.2. The molecule has 186 valence electrons. The van der Waals surface area contributed by atoms with Crippen LogP contribution in [0.2, 0.25) is 0 Å². The van der Waals surface area contributed by atoms with Gasteiger partial charge in [0, 0.05) is 12.1 Å². The minimum absolute atomic E-state index is 0.196. The zero-order valence-corrected chi connectivity index (χ0v) is 21.4. The van der Waals surface area contributed by atoms with Gasteiger partial charge in [-0.3, -0.25) is 0 Å². The normalized spacial score (nSPS) is 13.5. The molecule has 0 aliphatic rings. The molecule has 2 rings (SSSR count).